The molecule has 0 amide bonds. The van der Waals surface area contributed by atoms with Crippen molar-refractivity contribution < 1.29 is 19.4 Å². The van der Waals surface area contributed by atoms with Gasteiger partial charge in [0.1, 0.15) is 12.4 Å². The molecule has 3 rings (SSSR count). The summed E-state index contributed by atoms with van der Waals surface area (Å²) < 4.78 is 12.1. The Hall–Kier alpha value is -2.61. The summed E-state index contributed by atoms with van der Waals surface area (Å²) in [4.78, 5) is 15.9. The van der Waals surface area contributed by atoms with Gasteiger partial charge >= 0.3 is 5.97 Å². The van der Waals surface area contributed by atoms with Crippen LogP contribution in [0, 0.1) is 0 Å². The smallest absolute Gasteiger partial charge is 0.325 e. The molecule has 1 fully saturated rings. The lowest BCUT2D eigenvalue weighted by atomic mass is 9.85. The molecule has 1 heterocycles. The van der Waals surface area contributed by atoms with E-state index in [1.54, 1.807) is 14.2 Å². The van der Waals surface area contributed by atoms with Crippen molar-refractivity contribution in [3.8, 4) is 11.5 Å². The molecule has 8 heteroatoms. The van der Waals surface area contributed by atoms with Gasteiger partial charge in [-0.05, 0) is 37.0 Å². The van der Waals surface area contributed by atoms with Gasteiger partial charge in [-0.25, -0.2) is 9.67 Å². The van der Waals surface area contributed by atoms with Crippen molar-refractivity contribution in [3.05, 3.63) is 35.4 Å². The maximum atomic E-state index is 11.2. The number of carbonyl (C=O) groups is 1. The first kappa shape index (κ1) is 19.2. The molecule has 1 saturated carbocycles. The maximum absolute atomic E-state index is 11.2. The Morgan fingerprint density at radius 1 is 1.30 bits per heavy atom. The van der Waals surface area contributed by atoms with E-state index in [0.717, 1.165) is 37.1 Å². The molecular weight excluding hydrogens is 348 g/mol. The van der Waals surface area contributed by atoms with Gasteiger partial charge in [-0.2, -0.15) is 5.10 Å². The van der Waals surface area contributed by atoms with E-state index in [4.69, 9.17) is 15.2 Å². The Morgan fingerprint density at radius 2 is 2.07 bits per heavy atom. The summed E-state index contributed by atoms with van der Waals surface area (Å²) in [5.74, 6) is 1.83. The number of nitrogens with two attached hydrogens (primary N) is 1. The van der Waals surface area contributed by atoms with Crippen molar-refractivity contribution >= 4 is 5.97 Å². The average Bonchev–Trinajstić information content (AvgIpc) is 3.03. The number of ether oxygens (including phenoxy) is 2. The van der Waals surface area contributed by atoms with Crippen LogP contribution in [-0.2, 0) is 17.8 Å². The van der Waals surface area contributed by atoms with Crippen LogP contribution in [0.15, 0.2) is 18.2 Å². The molecule has 0 unspecified atom stereocenters. The minimum Gasteiger partial charge on any atom is -0.493 e. The van der Waals surface area contributed by atoms with Gasteiger partial charge in [0, 0.05) is 18.4 Å². The lowest BCUT2D eigenvalue weighted by Gasteiger charge is -2.25. The summed E-state index contributed by atoms with van der Waals surface area (Å²) in [6.07, 6.45) is 4.29. The highest BCUT2D eigenvalue weighted by molar-refractivity contribution is 5.66. The summed E-state index contributed by atoms with van der Waals surface area (Å²) in [5, 5.41) is 13.7. The molecule has 1 aromatic heterocycles. The topological polar surface area (TPSA) is 112 Å². The van der Waals surface area contributed by atoms with Crippen molar-refractivity contribution in [3.63, 3.8) is 0 Å². The van der Waals surface area contributed by atoms with E-state index >= 15 is 0 Å². The Kier molecular flexibility index (Phi) is 5.95. The number of nitrogens with zero attached hydrogens (tertiary/aromatic N) is 3. The fourth-order valence-corrected chi connectivity index (χ4v) is 3.66. The Morgan fingerprint density at radius 3 is 2.74 bits per heavy atom. The molecule has 0 spiro atoms. The van der Waals surface area contributed by atoms with Crippen molar-refractivity contribution in [2.24, 2.45) is 5.73 Å². The summed E-state index contributed by atoms with van der Waals surface area (Å²) >= 11 is 0. The first-order valence-electron chi connectivity index (χ1n) is 9.12. The van der Waals surface area contributed by atoms with Gasteiger partial charge in [-0.1, -0.05) is 12.5 Å². The second-order valence-corrected chi connectivity index (χ2v) is 6.93. The third kappa shape index (κ3) is 4.57. The van der Waals surface area contributed by atoms with E-state index in [1.807, 2.05) is 18.2 Å². The standard InChI is InChI=1S/C19H26N4O4/c1-26-15-7-6-12(8-16(15)27-2)9-17-21-19(23(22-17)11-18(24)25)13-4-3-5-14(20)10-13/h6-8,13-14H,3-5,9-11,20H2,1-2H3,(H,24,25)/t13-,14+/m1/s1. The lowest BCUT2D eigenvalue weighted by molar-refractivity contribution is -0.137. The van der Waals surface area contributed by atoms with Crippen molar-refractivity contribution in [1.82, 2.24) is 14.8 Å². The van der Waals surface area contributed by atoms with Gasteiger partial charge in [0.15, 0.2) is 17.3 Å². The Labute approximate surface area is 158 Å². The molecule has 27 heavy (non-hydrogen) atoms. The molecule has 0 radical (unpaired) electrons. The Bertz CT molecular complexity index is 805. The van der Waals surface area contributed by atoms with Crippen LogP contribution < -0.4 is 15.2 Å². The van der Waals surface area contributed by atoms with Crippen LogP contribution >= 0.6 is 0 Å². The van der Waals surface area contributed by atoms with Crippen molar-refractivity contribution in [2.75, 3.05) is 14.2 Å². The first-order chi connectivity index (χ1) is 13.0. The highest BCUT2D eigenvalue weighted by Gasteiger charge is 2.26. The van der Waals surface area contributed by atoms with Gasteiger partial charge in [-0.15, -0.1) is 0 Å². The summed E-state index contributed by atoms with van der Waals surface area (Å²) in [7, 11) is 3.18. The molecule has 8 nitrogen and oxygen atoms in total. The second kappa shape index (κ2) is 8.39. The van der Waals surface area contributed by atoms with Crippen LogP contribution in [0.5, 0.6) is 11.5 Å². The molecular formula is C19H26N4O4. The van der Waals surface area contributed by atoms with E-state index in [-0.39, 0.29) is 18.5 Å². The van der Waals surface area contributed by atoms with E-state index in [0.29, 0.717) is 23.7 Å². The van der Waals surface area contributed by atoms with Gasteiger partial charge in [0.05, 0.1) is 14.2 Å². The fourth-order valence-electron chi connectivity index (χ4n) is 3.66. The SMILES string of the molecule is COc1ccc(Cc2nc([C@@H]3CCC[C@H](N)C3)n(CC(=O)O)n2)cc1OC. The number of carboxylic acid groups (broad SMARTS) is 1. The largest absolute Gasteiger partial charge is 0.493 e. The molecule has 0 saturated heterocycles. The number of aromatic nitrogens is 3. The molecule has 1 aliphatic rings. The fraction of sp³-hybridized carbons (Fsp3) is 0.526. The number of rotatable bonds is 7. The van der Waals surface area contributed by atoms with Gasteiger partial charge in [0.2, 0.25) is 0 Å². The second-order valence-electron chi connectivity index (χ2n) is 6.93. The van der Waals surface area contributed by atoms with Crippen LogP contribution in [0.3, 0.4) is 0 Å². The molecule has 3 N–H and O–H groups in total. The Balaban J connectivity index is 1.86. The molecule has 2 atom stereocenters. The van der Waals surface area contributed by atoms with Gasteiger partial charge in [-0.3, -0.25) is 4.79 Å². The molecule has 1 aromatic carbocycles. The van der Waals surface area contributed by atoms with Gasteiger partial charge < -0.3 is 20.3 Å². The zero-order chi connectivity index (χ0) is 19.4. The van der Waals surface area contributed by atoms with Crippen molar-refractivity contribution in [1.29, 1.82) is 0 Å². The number of carboxylic acids is 1. The normalized spacial score (nSPS) is 19.7. The summed E-state index contributed by atoms with van der Waals surface area (Å²) in [6, 6.07) is 5.78. The zero-order valence-electron chi connectivity index (χ0n) is 15.7. The third-order valence-electron chi connectivity index (χ3n) is 4.92. The highest BCUT2D eigenvalue weighted by Crippen LogP contribution is 2.32. The first-order valence-corrected chi connectivity index (χ1v) is 9.12. The predicted molar refractivity (Wildman–Crippen MR) is 99.2 cm³/mol. The number of aliphatic carboxylic acids is 1. The molecule has 2 aromatic rings. The quantitative estimate of drug-likeness (QED) is 0.761. The molecule has 1 aliphatic carbocycles. The molecule has 0 bridgehead atoms. The number of hydrogen-bond acceptors (Lipinski definition) is 6. The highest BCUT2D eigenvalue weighted by atomic mass is 16.5. The van der Waals surface area contributed by atoms with Gasteiger partial charge in [0.25, 0.3) is 0 Å². The summed E-state index contributed by atoms with van der Waals surface area (Å²) in [5.41, 5.74) is 7.07. The number of benzene rings is 1. The van der Waals surface area contributed by atoms with E-state index in [1.165, 1.54) is 4.68 Å². The van der Waals surface area contributed by atoms with Crippen LogP contribution in [0.1, 0.15) is 48.8 Å². The minimum atomic E-state index is -0.932. The minimum absolute atomic E-state index is 0.132. The number of hydrogen-bond donors (Lipinski definition) is 2. The van der Waals surface area contributed by atoms with E-state index in [2.05, 4.69) is 10.1 Å². The average molecular weight is 374 g/mol. The maximum Gasteiger partial charge on any atom is 0.325 e. The van der Waals surface area contributed by atoms with E-state index in [9.17, 15) is 9.90 Å². The molecule has 146 valence electrons. The number of methoxy groups -OCH3 is 2. The predicted octanol–water partition coefficient (Wildman–Crippen LogP) is 1.96. The summed E-state index contributed by atoms with van der Waals surface area (Å²) in [6.45, 7) is -0.194. The molecule has 0 aliphatic heterocycles. The monoisotopic (exact) mass is 374 g/mol. The van der Waals surface area contributed by atoms with Crippen LogP contribution in [0.2, 0.25) is 0 Å². The van der Waals surface area contributed by atoms with E-state index < -0.39 is 5.97 Å². The zero-order valence-corrected chi connectivity index (χ0v) is 15.7. The lowest BCUT2D eigenvalue weighted by Crippen LogP contribution is -2.28. The van der Waals surface area contributed by atoms with Crippen molar-refractivity contribution in [2.45, 2.75) is 50.6 Å². The third-order valence-corrected chi connectivity index (χ3v) is 4.92. The van der Waals surface area contributed by atoms with Crippen LogP contribution in [-0.4, -0.2) is 46.1 Å². The van der Waals surface area contributed by atoms with Crippen LogP contribution in [0.25, 0.3) is 0 Å². The van der Waals surface area contributed by atoms with Crippen LogP contribution in [0.4, 0.5) is 0 Å².